The fraction of sp³-hybridized carbons (Fsp3) is 0.667. The molecule has 0 atom stereocenters. The standard InChI is InChI=1S/C6H13N/c1-3-4-5-6-7-2/h5-7H,3-4H2,1-2H3/b6-5+. The first-order chi connectivity index (χ1) is 3.41. The van der Waals surface area contributed by atoms with Gasteiger partial charge in [0.25, 0.3) is 0 Å². The van der Waals surface area contributed by atoms with Crippen LogP contribution in [-0.2, 0) is 0 Å². The molecule has 7 heavy (non-hydrogen) atoms. The van der Waals surface area contributed by atoms with Gasteiger partial charge in [-0.25, -0.2) is 0 Å². The van der Waals surface area contributed by atoms with Gasteiger partial charge >= 0.3 is 0 Å². The molecule has 0 aliphatic heterocycles. The Morgan fingerprint density at radius 3 is 2.71 bits per heavy atom. The number of hydrogen-bond donors (Lipinski definition) is 1. The van der Waals surface area contributed by atoms with E-state index in [1.807, 2.05) is 13.2 Å². The minimum atomic E-state index is 1.18. The van der Waals surface area contributed by atoms with Crippen LogP contribution in [0, 0.1) is 0 Å². The molecular formula is C6H13N. The van der Waals surface area contributed by atoms with Crippen molar-refractivity contribution in [1.29, 1.82) is 0 Å². The van der Waals surface area contributed by atoms with Crippen molar-refractivity contribution in [3.05, 3.63) is 12.3 Å². The average Bonchev–Trinajstić information content (AvgIpc) is 1.69. The molecule has 0 rings (SSSR count). The first-order valence-corrected chi connectivity index (χ1v) is 2.74. The van der Waals surface area contributed by atoms with Gasteiger partial charge in [0, 0.05) is 7.05 Å². The lowest BCUT2D eigenvalue weighted by Gasteiger charge is -1.83. The van der Waals surface area contributed by atoms with Crippen LogP contribution in [0.4, 0.5) is 0 Å². The summed E-state index contributed by atoms with van der Waals surface area (Å²) in [6.45, 7) is 2.17. The zero-order valence-electron chi connectivity index (χ0n) is 5.07. The van der Waals surface area contributed by atoms with E-state index in [0.717, 1.165) is 0 Å². The SMILES string of the molecule is CCC/C=C/NC. The molecular weight excluding hydrogens is 86.1 g/mol. The average molecular weight is 99.2 g/mol. The molecule has 0 amide bonds. The molecule has 42 valence electrons. The van der Waals surface area contributed by atoms with Gasteiger partial charge in [-0.1, -0.05) is 19.4 Å². The number of hydrogen-bond acceptors (Lipinski definition) is 1. The second kappa shape index (κ2) is 5.54. The Hall–Kier alpha value is -0.460. The van der Waals surface area contributed by atoms with E-state index in [0.29, 0.717) is 0 Å². The molecule has 0 spiro atoms. The summed E-state index contributed by atoms with van der Waals surface area (Å²) in [6.07, 6.45) is 6.50. The van der Waals surface area contributed by atoms with Crippen molar-refractivity contribution in [3.8, 4) is 0 Å². The molecule has 0 bridgehead atoms. The highest BCUT2D eigenvalue weighted by atomic mass is 14.8. The number of allylic oxidation sites excluding steroid dienone is 1. The lowest BCUT2D eigenvalue weighted by molar-refractivity contribution is 0.943. The summed E-state index contributed by atoms with van der Waals surface area (Å²) in [5.74, 6) is 0. The molecule has 0 fully saturated rings. The molecule has 1 nitrogen and oxygen atoms in total. The maximum absolute atomic E-state index is 2.92. The third-order valence-corrected chi connectivity index (χ3v) is 0.740. The summed E-state index contributed by atoms with van der Waals surface area (Å²) in [4.78, 5) is 0. The van der Waals surface area contributed by atoms with Crippen LogP contribution in [0.3, 0.4) is 0 Å². The predicted molar refractivity (Wildman–Crippen MR) is 33.1 cm³/mol. The van der Waals surface area contributed by atoms with Crippen molar-refractivity contribution in [2.75, 3.05) is 7.05 Å². The maximum atomic E-state index is 2.92. The minimum Gasteiger partial charge on any atom is -0.394 e. The Bertz CT molecular complexity index is 48.1. The van der Waals surface area contributed by atoms with E-state index in [-0.39, 0.29) is 0 Å². The van der Waals surface area contributed by atoms with Crippen molar-refractivity contribution in [3.63, 3.8) is 0 Å². The molecule has 0 heterocycles. The van der Waals surface area contributed by atoms with Gasteiger partial charge in [0.15, 0.2) is 0 Å². The van der Waals surface area contributed by atoms with Gasteiger partial charge in [0.1, 0.15) is 0 Å². The number of rotatable bonds is 3. The molecule has 0 aliphatic carbocycles. The summed E-state index contributed by atoms with van der Waals surface area (Å²) < 4.78 is 0. The lowest BCUT2D eigenvalue weighted by Crippen LogP contribution is -1.90. The first-order valence-electron chi connectivity index (χ1n) is 2.74. The molecule has 0 aromatic heterocycles. The first kappa shape index (κ1) is 6.54. The van der Waals surface area contributed by atoms with Crippen LogP contribution in [0.15, 0.2) is 12.3 Å². The summed E-state index contributed by atoms with van der Waals surface area (Å²) in [5, 5.41) is 2.92. The quantitative estimate of drug-likeness (QED) is 0.565. The Kier molecular flexibility index (Phi) is 5.18. The predicted octanol–water partition coefficient (Wildman–Crippen LogP) is 1.52. The van der Waals surface area contributed by atoms with Crippen LogP contribution in [0.25, 0.3) is 0 Å². The highest BCUT2D eigenvalue weighted by molar-refractivity contribution is 4.76. The van der Waals surface area contributed by atoms with Crippen LogP contribution in [-0.4, -0.2) is 7.05 Å². The van der Waals surface area contributed by atoms with Gasteiger partial charge in [-0.2, -0.15) is 0 Å². The maximum Gasteiger partial charge on any atom is 0.00276 e. The Morgan fingerprint density at radius 2 is 2.29 bits per heavy atom. The van der Waals surface area contributed by atoms with Gasteiger partial charge in [0.05, 0.1) is 0 Å². The van der Waals surface area contributed by atoms with Crippen LogP contribution in [0.2, 0.25) is 0 Å². The molecule has 0 unspecified atom stereocenters. The van der Waals surface area contributed by atoms with E-state index < -0.39 is 0 Å². The van der Waals surface area contributed by atoms with E-state index in [4.69, 9.17) is 0 Å². The Labute approximate surface area is 45.4 Å². The van der Waals surface area contributed by atoms with Crippen molar-refractivity contribution in [1.82, 2.24) is 5.32 Å². The number of nitrogens with one attached hydrogen (secondary N) is 1. The lowest BCUT2D eigenvalue weighted by atomic mass is 10.3. The summed E-state index contributed by atoms with van der Waals surface area (Å²) in [5.41, 5.74) is 0. The van der Waals surface area contributed by atoms with Gasteiger partial charge in [-0.05, 0) is 12.6 Å². The van der Waals surface area contributed by atoms with Gasteiger partial charge in [-0.3, -0.25) is 0 Å². The van der Waals surface area contributed by atoms with E-state index in [1.165, 1.54) is 12.8 Å². The van der Waals surface area contributed by atoms with E-state index >= 15 is 0 Å². The molecule has 1 N–H and O–H groups in total. The topological polar surface area (TPSA) is 12.0 Å². The minimum absolute atomic E-state index is 1.18. The van der Waals surface area contributed by atoms with Crippen molar-refractivity contribution in [2.45, 2.75) is 19.8 Å². The molecule has 0 aromatic rings. The van der Waals surface area contributed by atoms with Crippen LogP contribution in [0.1, 0.15) is 19.8 Å². The molecule has 1 heteroatoms. The second-order valence-electron chi connectivity index (χ2n) is 1.48. The zero-order valence-corrected chi connectivity index (χ0v) is 5.07. The smallest absolute Gasteiger partial charge is 0.00276 e. The van der Waals surface area contributed by atoms with Crippen LogP contribution in [0.5, 0.6) is 0 Å². The van der Waals surface area contributed by atoms with Crippen molar-refractivity contribution >= 4 is 0 Å². The Morgan fingerprint density at radius 1 is 1.57 bits per heavy atom. The van der Waals surface area contributed by atoms with Crippen LogP contribution < -0.4 is 5.32 Å². The second-order valence-corrected chi connectivity index (χ2v) is 1.48. The van der Waals surface area contributed by atoms with Gasteiger partial charge in [0.2, 0.25) is 0 Å². The zero-order chi connectivity index (χ0) is 5.54. The molecule has 0 saturated heterocycles. The highest BCUT2D eigenvalue weighted by Crippen LogP contribution is 1.84. The van der Waals surface area contributed by atoms with E-state index in [9.17, 15) is 0 Å². The van der Waals surface area contributed by atoms with E-state index in [1.54, 1.807) is 0 Å². The van der Waals surface area contributed by atoms with Crippen LogP contribution >= 0.6 is 0 Å². The summed E-state index contributed by atoms with van der Waals surface area (Å²) in [6, 6.07) is 0. The monoisotopic (exact) mass is 99.1 g/mol. The highest BCUT2D eigenvalue weighted by Gasteiger charge is 1.67. The van der Waals surface area contributed by atoms with Gasteiger partial charge in [-0.15, -0.1) is 0 Å². The Balaban J connectivity index is 2.78. The van der Waals surface area contributed by atoms with Crippen molar-refractivity contribution < 1.29 is 0 Å². The van der Waals surface area contributed by atoms with Crippen molar-refractivity contribution in [2.24, 2.45) is 0 Å². The summed E-state index contributed by atoms with van der Waals surface area (Å²) in [7, 11) is 1.91. The fourth-order valence-corrected chi connectivity index (χ4v) is 0.368. The molecule has 0 aliphatic rings. The van der Waals surface area contributed by atoms with E-state index in [2.05, 4.69) is 18.3 Å². The molecule has 0 aromatic carbocycles. The normalized spacial score (nSPS) is 10.0. The third-order valence-electron chi connectivity index (χ3n) is 0.740. The largest absolute Gasteiger partial charge is 0.394 e. The fourth-order valence-electron chi connectivity index (χ4n) is 0.368. The number of unbranched alkanes of at least 4 members (excludes halogenated alkanes) is 1. The van der Waals surface area contributed by atoms with Gasteiger partial charge < -0.3 is 5.32 Å². The molecule has 0 radical (unpaired) electrons. The molecule has 0 saturated carbocycles. The third kappa shape index (κ3) is 5.54. The summed E-state index contributed by atoms with van der Waals surface area (Å²) >= 11 is 0.